The Morgan fingerprint density at radius 2 is 1.85 bits per heavy atom. The highest BCUT2D eigenvalue weighted by molar-refractivity contribution is 5.95. The van der Waals surface area contributed by atoms with Crippen molar-refractivity contribution in [3.8, 4) is 0 Å². The number of hydrogen-bond donors (Lipinski definition) is 0. The van der Waals surface area contributed by atoms with E-state index >= 15 is 0 Å². The van der Waals surface area contributed by atoms with Crippen LogP contribution in [0.25, 0.3) is 11.0 Å². The lowest BCUT2D eigenvalue weighted by atomic mass is 10.2. The summed E-state index contributed by atoms with van der Waals surface area (Å²) in [5, 5.41) is 0. The maximum atomic E-state index is 13.0. The van der Waals surface area contributed by atoms with Crippen LogP contribution in [0, 0.1) is 0 Å². The Balaban J connectivity index is 1.50. The number of carbonyl (C=O) groups is 1. The van der Waals surface area contributed by atoms with Gasteiger partial charge >= 0.3 is 6.03 Å². The first kappa shape index (κ1) is 16.7. The largest absolute Gasteiger partial charge is 0.378 e. The van der Waals surface area contributed by atoms with Crippen LogP contribution in [0.4, 0.5) is 16.6 Å². The summed E-state index contributed by atoms with van der Waals surface area (Å²) in [6.07, 6.45) is 6.42. The first-order valence-corrected chi connectivity index (χ1v) is 9.85. The van der Waals surface area contributed by atoms with E-state index in [-0.39, 0.29) is 6.03 Å². The van der Waals surface area contributed by atoms with Crippen LogP contribution in [0.3, 0.4) is 0 Å². The van der Waals surface area contributed by atoms with Gasteiger partial charge in [-0.2, -0.15) is 4.98 Å². The minimum Gasteiger partial charge on any atom is -0.378 e. The quantitative estimate of drug-likeness (QED) is 0.825. The molecule has 8 heteroatoms. The molecule has 3 aliphatic rings. The fraction of sp³-hybridized carbons (Fsp3) is 0.579. The molecule has 0 atom stereocenters. The summed E-state index contributed by atoms with van der Waals surface area (Å²) >= 11 is 0. The standard InChI is InChI=1S/C19H24N6O2/c26-19-24(14-4-1-2-5-14)8-9-25(19)18-21-15-6-3-7-20-16(15)17(22-18)23-10-12-27-13-11-23/h3,6-7,14H,1-2,4-5,8-13H2. The van der Waals surface area contributed by atoms with Gasteiger partial charge in [0.05, 0.1) is 18.7 Å². The molecule has 2 aromatic heterocycles. The van der Waals surface area contributed by atoms with Gasteiger partial charge in [-0.15, -0.1) is 0 Å². The van der Waals surface area contributed by atoms with E-state index in [1.807, 2.05) is 17.0 Å². The lowest BCUT2D eigenvalue weighted by Crippen LogP contribution is -2.39. The third-order valence-corrected chi connectivity index (χ3v) is 5.78. The molecule has 0 spiro atoms. The SMILES string of the molecule is O=C1N(c2nc(N3CCOCC3)c3ncccc3n2)CCN1C1CCCC1. The van der Waals surface area contributed by atoms with Crippen LogP contribution in [0.5, 0.6) is 0 Å². The van der Waals surface area contributed by atoms with Gasteiger partial charge in [0.1, 0.15) is 5.52 Å². The van der Waals surface area contributed by atoms with E-state index in [9.17, 15) is 4.79 Å². The third-order valence-electron chi connectivity index (χ3n) is 5.78. The summed E-state index contributed by atoms with van der Waals surface area (Å²) in [7, 11) is 0. The second kappa shape index (κ2) is 6.92. The van der Waals surface area contributed by atoms with Crippen LogP contribution in [-0.2, 0) is 4.74 Å². The molecule has 1 saturated carbocycles. The molecule has 2 amide bonds. The van der Waals surface area contributed by atoms with Crippen LogP contribution in [0.2, 0.25) is 0 Å². The Kier molecular flexibility index (Phi) is 4.27. The van der Waals surface area contributed by atoms with E-state index in [2.05, 4.69) is 14.9 Å². The highest BCUT2D eigenvalue weighted by Crippen LogP contribution is 2.30. The number of anilines is 2. The molecule has 4 heterocycles. The molecule has 3 fully saturated rings. The van der Waals surface area contributed by atoms with Crippen LogP contribution < -0.4 is 9.80 Å². The van der Waals surface area contributed by atoms with Crippen molar-refractivity contribution in [3.63, 3.8) is 0 Å². The first-order valence-electron chi connectivity index (χ1n) is 9.85. The number of hydrogen-bond acceptors (Lipinski definition) is 6. The minimum absolute atomic E-state index is 0.0399. The molecule has 27 heavy (non-hydrogen) atoms. The molecule has 8 nitrogen and oxygen atoms in total. The zero-order valence-corrected chi connectivity index (χ0v) is 15.4. The number of morpholine rings is 1. The third kappa shape index (κ3) is 2.97. The van der Waals surface area contributed by atoms with E-state index in [4.69, 9.17) is 9.72 Å². The summed E-state index contributed by atoms with van der Waals surface area (Å²) in [6.45, 7) is 4.28. The highest BCUT2D eigenvalue weighted by atomic mass is 16.5. The van der Waals surface area contributed by atoms with E-state index in [0.29, 0.717) is 31.7 Å². The molecule has 0 radical (unpaired) electrons. The van der Waals surface area contributed by atoms with Gasteiger partial charge in [-0.05, 0) is 25.0 Å². The molecular weight excluding hydrogens is 344 g/mol. The van der Waals surface area contributed by atoms with Crippen molar-refractivity contribution >= 4 is 28.8 Å². The van der Waals surface area contributed by atoms with Crippen molar-refractivity contribution in [1.29, 1.82) is 0 Å². The molecule has 0 N–H and O–H groups in total. The maximum absolute atomic E-state index is 13.0. The van der Waals surface area contributed by atoms with Crippen molar-refractivity contribution in [2.24, 2.45) is 0 Å². The zero-order chi connectivity index (χ0) is 18.2. The second-order valence-corrected chi connectivity index (χ2v) is 7.38. The van der Waals surface area contributed by atoms with E-state index in [0.717, 1.165) is 49.3 Å². The zero-order valence-electron chi connectivity index (χ0n) is 15.4. The molecule has 1 aliphatic carbocycles. The first-order chi connectivity index (χ1) is 13.3. The molecule has 0 aromatic carbocycles. The summed E-state index contributed by atoms with van der Waals surface area (Å²) in [4.78, 5) is 32.9. The smallest absolute Gasteiger partial charge is 0.327 e. The summed E-state index contributed by atoms with van der Waals surface area (Å²) in [5.41, 5.74) is 1.55. The van der Waals surface area contributed by atoms with Crippen LogP contribution in [-0.4, -0.2) is 71.3 Å². The van der Waals surface area contributed by atoms with Gasteiger partial charge in [-0.25, -0.2) is 9.78 Å². The average molecular weight is 368 g/mol. The Labute approximate surface area is 158 Å². The van der Waals surface area contributed by atoms with Gasteiger partial charge in [-0.1, -0.05) is 12.8 Å². The number of aromatic nitrogens is 3. The summed E-state index contributed by atoms with van der Waals surface area (Å²) in [5.74, 6) is 1.29. The van der Waals surface area contributed by atoms with Crippen LogP contribution in [0.1, 0.15) is 25.7 Å². The van der Waals surface area contributed by atoms with Crippen molar-refractivity contribution in [2.75, 3.05) is 49.2 Å². The molecule has 2 saturated heterocycles. The number of nitrogens with zero attached hydrogens (tertiary/aromatic N) is 6. The number of ether oxygens (including phenoxy) is 1. The van der Waals surface area contributed by atoms with E-state index in [1.165, 1.54) is 12.8 Å². The lowest BCUT2D eigenvalue weighted by Gasteiger charge is -2.29. The van der Waals surface area contributed by atoms with E-state index < -0.39 is 0 Å². The van der Waals surface area contributed by atoms with Crippen molar-refractivity contribution in [1.82, 2.24) is 19.9 Å². The average Bonchev–Trinajstić information content (AvgIpc) is 3.37. The van der Waals surface area contributed by atoms with Gasteiger partial charge in [0.2, 0.25) is 5.95 Å². The molecular formula is C19H24N6O2. The Bertz CT molecular complexity index is 847. The van der Waals surface area contributed by atoms with Crippen LogP contribution in [0.15, 0.2) is 18.3 Å². The predicted molar refractivity (Wildman–Crippen MR) is 102 cm³/mol. The lowest BCUT2D eigenvalue weighted by molar-refractivity contribution is 0.122. The Hall–Kier alpha value is -2.48. The second-order valence-electron chi connectivity index (χ2n) is 7.38. The molecule has 0 unspecified atom stereocenters. The van der Waals surface area contributed by atoms with Crippen molar-refractivity contribution < 1.29 is 9.53 Å². The molecule has 142 valence electrons. The monoisotopic (exact) mass is 368 g/mol. The fourth-order valence-corrected chi connectivity index (χ4v) is 4.35. The van der Waals surface area contributed by atoms with E-state index in [1.54, 1.807) is 11.1 Å². The van der Waals surface area contributed by atoms with Crippen molar-refractivity contribution in [2.45, 2.75) is 31.7 Å². The van der Waals surface area contributed by atoms with Gasteiger partial charge in [0.15, 0.2) is 5.82 Å². The van der Waals surface area contributed by atoms with Gasteiger partial charge < -0.3 is 14.5 Å². The molecule has 2 aliphatic heterocycles. The van der Waals surface area contributed by atoms with Gasteiger partial charge in [0, 0.05) is 38.4 Å². The predicted octanol–water partition coefficient (Wildman–Crippen LogP) is 2.05. The molecule has 2 aromatic rings. The fourth-order valence-electron chi connectivity index (χ4n) is 4.35. The normalized spacial score (nSPS) is 21.6. The van der Waals surface area contributed by atoms with Crippen LogP contribution >= 0.6 is 0 Å². The summed E-state index contributed by atoms with van der Waals surface area (Å²) in [6, 6.07) is 4.23. The number of amides is 2. The number of fused-ring (bicyclic) bond motifs is 1. The number of carbonyl (C=O) groups excluding carboxylic acids is 1. The molecule has 5 rings (SSSR count). The topological polar surface area (TPSA) is 74.7 Å². The highest BCUT2D eigenvalue weighted by Gasteiger charge is 2.37. The molecule has 0 bridgehead atoms. The minimum atomic E-state index is 0.0399. The number of urea groups is 1. The summed E-state index contributed by atoms with van der Waals surface area (Å²) < 4.78 is 5.47. The van der Waals surface area contributed by atoms with Gasteiger partial charge in [-0.3, -0.25) is 9.88 Å². The van der Waals surface area contributed by atoms with Crippen molar-refractivity contribution in [3.05, 3.63) is 18.3 Å². The maximum Gasteiger partial charge on any atom is 0.327 e. The van der Waals surface area contributed by atoms with Gasteiger partial charge in [0.25, 0.3) is 0 Å². The number of rotatable bonds is 3. The Morgan fingerprint density at radius 1 is 1.04 bits per heavy atom. The Morgan fingerprint density at radius 3 is 2.67 bits per heavy atom. The number of pyridine rings is 1.